The first-order chi connectivity index (χ1) is 9.74. The van der Waals surface area contributed by atoms with Crippen LogP contribution < -0.4 is 5.32 Å². The molecule has 2 N–H and O–H groups in total. The Morgan fingerprint density at radius 1 is 1.48 bits per heavy atom. The number of amides is 1. The molecule has 0 saturated carbocycles. The summed E-state index contributed by atoms with van der Waals surface area (Å²) in [6.07, 6.45) is 2.51. The van der Waals surface area contributed by atoms with Crippen LogP contribution in [-0.2, 0) is 15.6 Å². The number of hydrogen-bond acceptors (Lipinski definition) is 6. The van der Waals surface area contributed by atoms with Crippen LogP contribution in [0.3, 0.4) is 0 Å². The summed E-state index contributed by atoms with van der Waals surface area (Å²) in [6.45, 7) is 0. The van der Waals surface area contributed by atoms with Crippen molar-refractivity contribution >= 4 is 43.8 Å². The Labute approximate surface area is 130 Å². The number of benzene rings is 1. The molecule has 0 radical (unpaired) electrons. The third-order valence-corrected chi connectivity index (χ3v) is 4.55. The molecule has 0 bridgehead atoms. The molecule has 0 aliphatic rings. The summed E-state index contributed by atoms with van der Waals surface area (Å²) in [6, 6.07) is 4.12. The number of nitrogens with zero attached hydrogens (tertiary/aromatic N) is 1. The number of thiazole rings is 1. The molecule has 0 aliphatic heterocycles. The van der Waals surface area contributed by atoms with E-state index in [2.05, 4.69) is 10.3 Å². The fourth-order valence-electron chi connectivity index (χ4n) is 1.55. The quantitative estimate of drug-likeness (QED) is 0.885. The van der Waals surface area contributed by atoms with Crippen molar-refractivity contribution in [1.82, 2.24) is 4.98 Å². The number of aromatic hydroxyl groups is 1. The molecule has 2 aromatic rings. The molecule has 0 aliphatic carbocycles. The molecule has 6 nitrogen and oxygen atoms in total. The molecule has 2 rings (SSSR count). The Bertz CT molecular complexity index is 786. The molecule has 1 amide bonds. The molecule has 21 heavy (non-hydrogen) atoms. The third kappa shape index (κ3) is 4.42. The number of carbonyl (C=O) groups excluding carboxylic acids is 1. The molecule has 0 fully saturated rings. The number of phenolic OH excluding ortho intramolecular Hbond substituents is 1. The fraction of sp³-hybridized carbons (Fsp3) is 0.167. The second-order valence-corrected chi connectivity index (χ2v) is 8.01. The lowest BCUT2D eigenvalue weighted by atomic mass is 10.2. The average molecular weight is 347 g/mol. The van der Waals surface area contributed by atoms with Gasteiger partial charge in [0.25, 0.3) is 5.91 Å². The predicted octanol–water partition coefficient (Wildman–Crippen LogP) is 2.30. The van der Waals surface area contributed by atoms with Crippen molar-refractivity contribution in [1.29, 1.82) is 0 Å². The maximum atomic E-state index is 12.0. The minimum atomic E-state index is -3.15. The number of halogens is 1. The van der Waals surface area contributed by atoms with E-state index in [0.717, 1.165) is 17.6 Å². The van der Waals surface area contributed by atoms with Crippen molar-refractivity contribution in [3.8, 4) is 5.75 Å². The maximum Gasteiger partial charge on any atom is 0.261 e. The second-order valence-electron chi connectivity index (χ2n) is 4.32. The van der Waals surface area contributed by atoms with Crippen LogP contribution >= 0.6 is 22.9 Å². The minimum absolute atomic E-state index is 0.0549. The van der Waals surface area contributed by atoms with Crippen LogP contribution in [0.4, 0.5) is 5.13 Å². The van der Waals surface area contributed by atoms with Gasteiger partial charge in [0.1, 0.15) is 5.75 Å². The van der Waals surface area contributed by atoms with Gasteiger partial charge in [-0.2, -0.15) is 0 Å². The number of sulfone groups is 1. The first-order valence-electron chi connectivity index (χ1n) is 5.67. The van der Waals surface area contributed by atoms with Gasteiger partial charge in [0.2, 0.25) is 0 Å². The number of nitrogens with one attached hydrogen (secondary N) is 1. The van der Waals surface area contributed by atoms with E-state index in [9.17, 15) is 18.3 Å². The van der Waals surface area contributed by atoms with Gasteiger partial charge in [-0.3, -0.25) is 10.1 Å². The highest BCUT2D eigenvalue weighted by Crippen LogP contribution is 2.25. The van der Waals surface area contributed by atoms with Crippen LogP contribution in [0.5, 0.6) is 5.75 Å². The minimum Gasteiger partial charge on any atom is -0.507 e. The molecule has 0 atom stereocenters. The van der Waals surface area contributed by atoms with E-state index in [1.54, 1.807) is 0 Å². The number of carbonyl (C=O) groups is 1. The van der Waals surface area contributed by atoms with Crippen LogP contribution in [0.15, 0.2) is 24.4 Å². The molecule has 0 saturated heterocycles. The fourth-order valence-corrected chi connectivity index (χ4v) is 3.79. The molecule has 112 valence electrons. The summed E-state index contributed by atoms with van der Waals surface area (Å²) in [5.74, 6) is -0.926. The summed E-state index contributed by atoms with van der Waals surface area (Å²) in [7, 11) is -3.15. The monoisotopic (exact) mass is 346 g/mol. The van der Waals surface area contributed by atoms with Crippen molar-refractivity contribution < 1.29 is 18.3 Å². The predicted molar refractivity (Wildman–Crippen MR) is 81.7 cm³/mol. The van der Waals surface area contributed by atoms with Crippen LogP contribution in [0, 0.1) is 0 Å². The lowest BCUT2D eigenvalue weighted by molar-refractivity contribution is 0.102. The van der Waals surface area contributed by atoms with Crippen molar-refractivity contribution in [2.24, 2.45) is 0 Å². The van der Waals surface area contributed by atoms with E-state index in [-0.39, 0.29) is 22.2 Å². The molecule has 0 unspecified atom stereocenters. The molecular weight excluding hydrogens is 336 g/mol. The molecular formula is C12H11ClN2O4S2. The molecule has 1 aromatic carbocycles. The van der Waals surface area contributed by atoms with Gasteiger partial charge in [0, 0.05) is 22.4 Å². The maximum absolute atomic E-state index is 12.0. The zero-order valence-corrected chi connectivity index (χ0v) is 13.2. The Morgan fingerprint density at radius 3 is 2.81 bits per heavy atom. The summed E-state index contributed by atoms with van der Waals surface area (Å²) in [5, 5.41) is 12.7. The Morgan fingerprint density at radius 2 is 2.19 bits per heavy atom. The van der Waals surface area contributed by atoms with Crippen molar-refractivity contribution in [2.75, 3.05) is 11.6 Å². The van der Waals surface area contributed by atoms with E-state index >= 15 is 0 Å². The number of anilines is 1. The SMILES string of the molecule is CS(=O)(=O)Cc1cnc(NC(=O)c2ccc(Cl)cc2O)s1. The highest BCUT2D eigenvalue weighted by atomic mass is 35.5. The zero-order valence-electron chi connectivity index (χ0n) is 10.8. The first kappa shape index (κ1) is 15.7. The van der Waals surface area contributed by atoms with Gasteiger partial charge in [-0.25, -0.2) is 13.4 Å². The van der Waals surface area contributed by atoms with E-state index in [0.29, 0.717) is 9.90 Å². The highest BCUT2D eigenvalue weighted by Gasteiger charge is 2.14. The lowest BCUT2D eigenvalue weighted by Crippen LogP contribution is -2.11. The van der Waals surface area contributed by atoms with E-state index in [4.69, 9.17) is 11.6 Å². The summed E-state index contributed by atoms with van der Waals surface area (Å²) in [5.41, 5.74) is 0.0549. The number of rotatable bonds is 4. The van der Waals surface area contributed by atoms with Gasteiger partial charge in [-0.1, -0.05) is 11.6 Å². The van der Waals surface area contributed by atoms with Gasteiger partial charge in [0.15, 0.2) is 15.0 Å². The van der Waals surface area contributed by atoms with Crippen LogP contribution in [-0.4, -0.2) is 30.7 Å². The standard InChI is InChI=1S/C12H11ClN2O4S2/c1-21(18,19)6-8-5-14-12(20-8)15-11(17)9-3-2-7(13)4-10(9)16/h2-5,16H,6H2,1H3,(H,14,15,17). The Hall–Kier alpha value is -1.64. The Kier molecular flexibility index (Phi) is 4.50. The summed E-state index contributed by atoms with van der Waals surface area (Å²) < 4.78 is 22.4. The molecule has 1 heterocycles. The van der Waals surface area contributed by atoms with Crippen molar-refractivity contribution in [3.63, 3.8) is 0 Å². The second kappa shape index (κ2) is 6.00. The van der Waals surface area contributed by atoms with E-state index in [1.165, 1.54) is 24.4 Å². The largest absolute Gasteiger partial charge is 0.507 e. The average Bonchev–Trinajstić information content (AvgIpc) is 2.73. The topological polar surface area (TPSA) is 96.4 Å². The van der Waals surface area contributed by atoms with Crippen LogP contribution in [0.2, 0.25) is 5.02 Å². The number of phenols is 1. The van der Waals surface area contributed by atoms with Gasteiger partial charge < -0.3 is 5.11 Å². The van der Waals surface area contributed by atoms with Crippen LogP contribution in [0.1, 0.15) is 15.2 Å². The smallest absolute Gasteiger partial charge is 0.261 e. The summed E-state index contributed by atoms with van der Waals surface area (Å²) in [4.78, 5) is 16.4. The van der Waals surface area contributed by atoms with Gasteiger partial charge >= 0.3 is 0 Å². The lowest BCUT2D eigenvalue weighted by Gasteiger charge is -2.04. The van der Waals surface area contributed by atoms with Crippen molar-refractivity contribution in [2.45, 2.75) is 5.75 Å². The zero-order chi connectivity index (χ0) is 15.6. The van der Waals surface area contributed by atoms with Gasteiger partial charge in [0.05, 0.1) is 11.3 Å². The Balaban J connectivity index is 2.13. The molecule has 1 aromatic heterocycles. The number of hydrogen-bond donors (Lipinski definition) is 2. The van der Waals surface area contributed by atoms with Gasteiger partial charge in [-0.05, 0) is 18.2 Å². The normalized spacial score (nSPS) is 11.3. The molecule has 0 spiro atoms. The highest BCUT2D eigenvalue weighted by molar-refractivity contribution is 7.90. The first-order valence-corrected chi connectivity index (χ1v) is 8.92. The van der Waals surface area contributed by atoms with E-state index in [1.807, 2.05) is 0 Å². The van der Waals surface area contributed by atoms with Gasteiger partial charge in [-0.15, -0.1) is 11.3 Å². The molecule has 9 heteroatoms. The van der Waals surface area contributed by atoms with Crippen LogP contribution in [0.25, 0.3) is 0 Å². The summed E-state index contributed by atoms with van der Waals surface area (Å²) >= 11 is 6.75. The van der Waals surface area contributed by atoms with Crippen molar-refractivity contribution in [3.05, 3.63) is 39.9 Å². The van der Waals surface area contributed by atoms with E-state index < -0.39 is 15.7 Å². The third-order valence-electron chi connectivity index (χ3n) is 2.38. The number of aromatic nitrogens is 1.